The molecule has 0 radical (unpaired) electrons. The van der Waals surface area contributed by atoms with E-state index >= 15 is 0 Å². The normalized spacial score (nSPS) is 27.9. The maximum atomic E-state index is 10.3. The van der Waals surface area contributed by atoms with E-state index in [2.05, 4.69) is 18.7 Å². The first kappa shape index (κ1) is 12.6. The van der Waals surface area contributed by atoms with Crippen LogP contribution in [0.2, 0.25) is 0 Å². The Balaban J connectivity index is 2.00. The molecule has 1 aliphatic rings. The highest BCUT2D eigenvalue weighted by Crippen LogP contribution is 2.25. The molecule has 17 heavy (non-hydrogen) atoms. The minimum atomic E-state index is -0.362. The molecule has 1 heterocycles. The molecule has 0 saturated carbocycles. The van der Waals surface area contributed by atoms with Gasteiger partial charge in [0.1, 0.15) is 0 Å². The third-order valence-electron chi connectivity index (χ3n) is 3.94. The van der Waals surface area contributed by atoms with Crippen LogP contribution in [0.5, 0.6) is 0 Å². The van der Waals surface area contributed by atoms with Gasteiger partial charge >= 0.3 is 0 Å². The second-order valence-electron chi connectivity index (χ2n) is 5.25. The van der Waals surface area contributed by atoms with Crippen molar-refractivity contribution < 1.29 is 5.11 Å². The lowest BCUT2D eigenvalue weighted by atomic mass is 9.96. The lowest BCUT2D eigenvalue weighted by molar-refractivity contribution is 0.0412. The van der Waals surface area contributed by atoms with Gasteiger partial charge in [-0.3, -0.25) is 4.90 Å². The van der Waals surface area contributed by atoms with Gasteiger partial charge in [-0.15, -0.1) is 0 Å². The van der Waals surface area contributed by atoms with Crippen molar-refractivity contribution in [2.45, 2.75) is 51.3 Å². The maximum absolute atomic E-state index is 10.3. The lowest BCUT2D eigenvalue weighted by Crippen LogP contribution is -2.45. The van der Waals surface area contributed by atoms with Gasteiger partial charge in [0.05, 0.1) is 6.10 Å². The molecule has 0 bridgehead atoms. The molecule has 1 aromatic rings. The number of aliphatic hydroxyl groups excluding tert-OH is 1. The van der Waals surface area contributed by atoms with E-state index in [1.54, 1.807) is 0 Å². The van der Waals surface area contributed by atoms with Crippen molar-refractivity contribution in [1.29, 1.82) is 0 Å². The molecule has 3 unspecified atom stereocenters. The van der Waals surface area contributed by atoms with Crippen LogP contribution in [-0.2, 0) is 0 Å². The number of β-amino-alcohol motifs (C(OH)–C–C–N with tert-alkyl or cyclic N) is 1. The molecule has 3 atom stereocenters. The number of nitrogens with zero attached hydrogens (tertiary/aromatic N) is 1. The Morgan fingerprint density at radius 3 is 2.35 bits per heavy atom. The summed E-state index contributed by atoms with van der Waals surface area (Å²) in [5.74, 6) is 0. The molecule has 1 N–H and O–H groups in total. The average molecular weight is 233 g/mol. The molecule has 1 aliphatic heterocycles. The Kier molecular flexibility index (Phi) is 4.19. The summed E-state index contributed by atoms with van der Waals surface area (Å²) in [4.78, 5) is 2.45. The van der Waals surface area contributed by atoms with E-state index in [9.17, 15) is 5.11 Å². The highest BCUT2D eigenvalue weighted by Gasteiger charge is 2.26. The van der Waals surface area contributed by atoms with Gasteiger partial charge in [0.15, 0.2) is 0 Å². The van der Waals surface area contributed by atoms with E-state index in [1.165, 1.54) is 19.3 Å². The standard InChI is InChI=1S/C15H23NO/c1-12-7-6-8-13(2)16(12)11-15(17)14-9-4-3-5-10-14/h3-5,9-10,12-13,15,17H,6-8,11H2,1-2H3. The van der Waals surface area contributed by atoms with Crippen LogP contribution in [0.1, 0.15) is 44.8 Å². The molecule has 1 fully saturated rings. The molecule has 1 aromatic carbocycles. The predicted octanol–water partition coefficient (Wildman–Crippen LogP) is 2.98. The monoisotopic (exact) mass is 233 g/mol. The second kappa shape index (κ2) is 5.65. The number of benzene rings is 1. The van der Waals surface area contributed by atoms with Crippen molar-refractivity contribution in [2.75, 3.05) is 6.54 Å². The van der Waals surface area contributed by atoms with E-state index in [1.807, 2.05) is 30.3 Å². The maximum Gasteiger partial charge on any atom is 0.0917 e. The zero-order valence-corrected chi connectivity index (χ0v) is 10.8. The summed E-state index contributed by atoms with van der Waals surface area (Å²) < 4.78 is 0. The fraction of sp³-hybridized carbons (Fsp3) is 0.600. The molecule has 0 amide bonds. The highest BCUT2D eigenvalue weighted by atomic mass is 16.3. The summed E-state index contributed by atoms with van der Waals surface area (Å²) in [5, 5.41) is 10.3. The molecule has 0 aliphatic carbocycles. The first-order valence-corrected chi connectivity index (χ1v) is 6.67. The summed E-state index contributed by atoms with van der Waals surface area (Å²) >= 11 is 0. The van der Waals surface area contributed by atoms with Crippen LogP contribution in [0.4, 0.5) is 0 Å². The Labute approximate surface area is 104 Å². The van der Waals surface area contributed by atoms with Gasteiger partial charge in [-0.05, 0) is 32.3 Å². The third kappa shape index (κ3) is 3.08. The summed E-state index contributed by atoms with van der Waals surface area (Å²) in [6.45, 7) is 5.30. The van der Waals surface area contributed by atoms with Crippen LogP contribution in [0.25, 0.3) is 0 Å². The van der Waals surface area contributed by atoms with Crippen molar-refractivity contribution >= 4 is 0 Å². The van der Waals surface area contributed by atoms with Crippen LogP contribution in [0, 0.1) is 0 Å². The van der Waals surface area contributed by atoms with Crippen molar-refractivity contribution in [3.05, 3.63) is 35.9 Å². The van der Waals surface area contributed by atoms with E-state index in [4.69, 9.17) is 0 Å². The van der Waals surface area contributed by atoms with Gasteiger partial charge < -0.3 is 5.11 Å². The van der Waals surface area contributed by atoms with E-state index in [0.717, 1.165) is 12.1 Å². The number of hydrogen-bond donors (Lipinski definition) is 1. The third-order valence-corrected chi connectivity index (χ3v) is 3.94. The van der Waals surface area contributed by atoms with Crippen molar-refractivity contribution in [1.82, 2.24) is 4.90 Å². The zero-order valence-electron chi connectivity index (χ0n) is 10.8. The van der Waals surface area contributed by atoms with Gasteiger partial charge in [0.25, 0.3) is 0 Å². The molecule has 0 aromatic heterocycles. The van der Waals surface area contributed by atoms with Crippen molar-refractivity contribution in [3.63, 3.8) is 0 Å². The predicted molar refractivity (Wildman–Crippen MR) is 70.9 cm³/mol. The highest BCUT2D eigenvalue weighted by molar-refractivity contribution is 5.17. The Hall–Kier alpha value is -0.860. The summed E-state index contributed by atoms with van der Waals surface area (Å²) in [6.07, 6.45) is 3.47. The molecule has 2 nitrogen and oxygen atoms in total. The second-order valence-corrected chi connectivity index (χ2v) is 5.25. The minimum Gasteiger partial charge on any atom is -0.387 e. The van der Waals surface area contributed by atoms with E-state index in [0.29, 0.717) is 12.1 Å². The number of aliphatic hydroxyl groups is 1. The summed E-state index contributed by atoms with van der Waals surface area (Å²) in [6, 6.07) is 11.2. The average Bonchev–Trinajstić information content (AvgIpc) is 2.35. The van der Waals surface area contributed by atoms with Gasteiger partial charge in [-0.1, -0.05) is 36.8 Å². The smallest absolute Gasteiger partial charge is 0.0917 e. The van der Waals surface area contributed by atoms with Crippen LogP contribution >= 0.6 is 0 Å². The summed E-state index contributed by atoms with van der Waals surface area (Å²) in [5.41, 5.74) is 1.03. The van der Waals surface area contributed by atoms with Crippen LogP contribution in [0.15, 0.2) is 30.3 Å². The van der Waals surface area contributed by atoms with Crippen molar-refractivity contribution in [2.24, 2.45) is 0 Å². The molecule has 94 valence electrons. The molecule has 2 rings (SSSR count). The van der Waals surface area contributed by atoms with E-state index in [-0.39, 0.29) is 6.10 Å². The largest absolute Gasteiger partial charge is 0.387 e. The Morgan fingerprint density at radius 2 is 1.76 bits per heavy atom. The molecule has 0 spiro atoms. The Morgan fingerprint density at radius 1 is 1.18 bits per heavy atom. The van der Waals surface area contributed by atoms with Crippen LogP contribution < -0.4 is 0 Å². The Bertz CT molecular complexity index is 328. The fourth-order valence-electron chi connectivity index (χ4n) is 2.81. The summed E-state index contributed by atoms with van der Waals surface area (Å²) in [7, 11) is 0. The van der Waals surface area contributed by atoms with E-state index < -0.39 is 0 Å². The molecule has 1 saturated heterocycles. The van der Waals surface area contributed by atoms with Crippen LogP contribution in [-0.4, -0.2) is 28.6 Å². The molecule has 2 heteroatoms. The van der Waals surface area contributed by atoms with Crippen LogP contribution in [0.3, 0.4) is 0 Å². The lowest BCUT2D eigenvalue weighted by Gasteiger charge is -2.40. The van der Waals surface area contributed by atoms with Gasteiger partial charge in [-0.2, -0.15) is 0 Å². The SMILES string of the molecule is CC1CCCC(C)N1CC(O)c1ccccc1. The first-order valence-electron chi connectivity index (χ1n) is 6.67. The first-order chi connectivity index (χ1) is 8.18. The quantitative estimate of drug-likeness (QED) is 0.867. The van der Waals surface area contributed by atoms with Gasteiger partial charge in [0.2, 0.25) is 0 Å². The number of hydrogen-bond acceptors (Lipinski definition) is 2. The number of piperidine rings is 1. The van der Waals surface area contributed by atoms with Gasteiger partial charge in [0, 0.05) is 18.6 Å². The van der Waals surface area contributed by atoms with Gasteiger partial charge in [-0.25, -0.2) is 0 Å². The minimum absolute atomic E-state index is 0.362. The molecular formula is C15H23NO. The number of rotatable bonds is 3. The number of likely N-dealkylation sites (tertiary alicyclic amines) is 1. The fourth-order valence-corrected chi connectivity index (χ4v) is 2.81. The topological polar surface area (TPSA) is 23.5 Å². The zero-order chi connectivity index (χ0) is 12.3. The van der Waals surface area contributed by atoms with Crippen molar-refractivity contribution in [3.8, 4) is 0 Å². The molecular weight excluding hydrogens is 210 g/mol.